The molecule has 0 fully saturated rings. The lowest BCUT2D eigenvalue weighted by Gasteiger charge is -2.17. The largest absolute Gasteiger partial charge is 0.461 e. The number of ketones is 2. The number of fused-ring (bicyclic) bond motifs is 3. The highest BCUT2D eigenvalue weighted by atomic mass is 16.5. The molecule has 1 heterocycles. The summed E-state index contributed by atoms with van der Waals surface area (Å²) < 4.78 is 11.8. The Bertz CT molecular complexity index is 1190. The van der Waals surface area contributed by atoms with Crippen LogP contribution in [0.1, 0.15) is 80.0 Å². The van der Waals surface area contributed by atoms with Gasteiger partial charge in [-0.2, -0.15) is 0 Å². The van der Waals surface area contributed by atoms with E-state index in [0.29, 0.717) is 6.42 Å². The second kappa shape index (κ2) is 8.42. The average Bonchev–Trinajstić information content (AvgIpc) is 3.12. The predicted molar refractivity (Wildman–Crippen MR) is 117 cm³/mol. The summed E-state index contributed by atoms with van der Waals surface area (Å²) in [6.45, 7) is 5.59. The minimum absolute atomic E-state index is 0.0797. The van der Waals surface area contributed by atoms with Crippen LogP contribution in [0.3, 0.4) is 0 Å². The van der Waals surface area contributed by atoms with E-state index in [1.807, 2.05) is 31.2 Å². The van der Waals surface area contributed by atoms with Crippen LogP contribution in [0.25, 0.3) is 10.8 Å². The monoisotopic (exact) mass is 433 g/mol. The Labute approximate surface area is 184 Å². The van der Waals surface area contributed by atoms with Crippen LogP contribution in [-0.4, -0.2) is 41.3 Å². The number of nitrogens with zero attached hydrogens (tertiary/aromatic N) is 1. The van der Waals surface area contributed by atoms with Crippen molar-refractivity contribution in [3.05, 3.63) is 70.0 Å². The van der Waals surface area contributed by atoms with Gasteiger partial charge >= 0.3 is 11.9 Å². The van der Waals surface area contributed by atoms with Crippen LogP contribution in [0.5, 0.6) is 0 Å². The van der Waals surface area contributed by atoms with Crippen molar-refractivity contribution in [2.45, 2.75) is 33.7 Å². The van der Waals surface area contributed by atoms with Crippen LogP contribution in [0, 0.1) is 0 Å². The quantitative estimate of drug-likeness (QED) is 0.424. The number of benzene rings is 2. The lowest BCUT2D eigenvalue weighted by molar-refractivity contribution is 0.0499. The smallest absolute Gasteiger partial charge is 0.355 e. The highest BCUT2D eigenvalue weighted by Crippen LogP contribution is 2.36. The molecule has 0 bridgehead atoms. The second-order valence-corrected chi connectivity index (χ2v) is 7.44. The number of hydrogen-bond donors (Lipinski definition) is 0. The standard InChI is InChI=1S/C25H23NO6/c1-4-11-26-20(24(29)31-5-2)18-19(21(26)25(30)32-6-3)23(28)17-13-15-10-8-7-9-14(15)12-16(17)22(18)27/h7-10,12-13H,4-6,11H2,1-3H3. The van der Waals surface area contributed by atoms with Crippen LogP contribution in [0.2, 0.25) is 0 Å². The summed E-state index contributed by atoms with van der Waals surface area (Å²) in [7, 11) is 0. The third-order valence-electron chi connectivity index (χ3n) is 5.48. The molecule has 1 aromatic heterocycles. The first-order valence-electron chi connectivity index (χ1n) is 10.7. The van der Waals surface area contributed by atoms with Gasteiger partial charge in [0.25, 0.3) is 0 Å². The predicted octanol–water partition coefficient (Wildman–Crippen LogP) is 4.18. The van der Waals surface area contributed by atoms with E-state index in [2.05, 4.69) is 0 Å². The average molecular weight is 433 g/mol. The van der Waals surface area contributed by atoms with Crippen molar-refractivity contribution >= 4 is 34.3 Å². The number of aromatic nitrogens is 1. The highest BCUT2D eigenvalue weighted by molar-refractivity contribution is 6.33. The maximum atomic E-state index is 13.7. The van der Waals surface area contributed by atoms with Gasteiger partial charge in [-0.15, -0.1) is 0 Å². The van der Waals surface area contributed by atoms with Gasteiger partial charge in [0, 0.05) is 17.7 Å². The molecular formula is C25H23NO6. The van der Waals surface area contributed by atoms with Gasteiger partial charge in [-0.25, -0.2) is 9.59 Å². The van der Waals surface area contributed by atoms with E-state index in [9.17, 15) is 19.2 Å². The Morgan fingerprint density at radius 2 is 1.22 bits per heavy atom. The van der Waals surface area contributed by atoms with Gasteiger partial charge in [0.2, 0.25) is 0 Å². The molecule has 7 heteroatoms. The summed E-state index contributed by atoms with van der Waals surface area (Å²) in [4.78, 5) is 53.2. The normalized spacial score (nSPS) is 12.5. The Morgan fingerprint density at radius 3 is 1.59 bits per heavy atom. The first kappa shape index (κ1) is 21.5. The lowest BCUT2D eigenvalue weighted by atomic mass is 9.83. The Hall–Kier alpha value is -3.74. The molecule has 0 saturated carbocycles. The van der Waals surface area contributed by atoms with Gasteiger partial charge in [-0.05, 0) is 43.2 Å². The molecule has 0 saturated heterocycles. The van der Waals surface area contributed by atoms with Gasteiger partial charge in [-0.3, -0.25) is 9.59 Å². The number of rotatable bonds is 6. The molecule has 0 atom stereocenters. The Morgan fingerprint density at radius 1 is 0.781 bits per heavy atom. The zero-order chi connectivity index (χ0) is 23.0. The molecule has 7 nitrogen and oxygen atoms in total. The summed E-state index contributed by atoms with van der Waals surface area (Å²) in [5, 5.41) is 1.60. The van der Waals surface area contributed by atoms with Crippen molar-refractivity contribution < 1.29 is 28.7 Å². The van der Waals surface area contributed by atoms with E-state index in [0.717, 1.165) is 10.8 Å². The molecular weight excluding hydrogens is 410 g/mol. The van der Waals surface area contributed by atoms with Crippen LogP contribution in [0.15, 0.2) is 36.4 Å². The van der Waals surface area contributed by atoms with E-state index in [-0.39, 0.29) is 53.4 Å². The lowest BCUT2D eigenvalue weighted by Crippen LogP contribution is -2.23. The molecule has 0 radical (unpaired) electrons. The summed E-state index contributed by atoms with van der Waals surface area (Å²) in [6.07, 6.45) is 0.561. The molecule has 32 heavy (non-hydrogen) atoms. The van der Waals surface area contributed by atoms with Crippen molar-refractivity contribution in [3.8, 4) is 0 Å². The van der Waals surface area contributed by atoms with E-state index < -0.39 is 23.5 Å². The van der Waals surface area contributed by atoms with Gasteiger partial charge in [0.15, 0.2) is 11.6 Å². The number of carbonyl (C=O) groups is 4. The Balaban J connectivity index is 2.07. The molecule has 0 spiro atoms. The van der Waals surface area contributed by atoms with Crippen molar-refractivity contribution in [2.75, 3.05) is 13.2 Å². The van der Waals surface area contributed by atoms with Crippen LogP contribution < -0.4 is 0 Å². The van der Waals surface area contributed by atoms with E-state index >= 15 is 0 Å². The van der Waals surface area contributed by atoms with Crippen molar-refractivity contribution in [2.24, 2.45) is 0 Å². The third kappa shape index (κ3) is 3.21. The molecule has 0 N–H and O–H groups in total. The molecule has 1 aliphatic carbocycles. The first-order valence-corrected chi connectivity index (χ1v) is 10.7. The molecule has 0 unspecified atom stereocenters. The maximum Gasteiger partial charge on any atom is 0.355 e. The first-order chi connectivity index (χ1) is 15.4. The van der Waals surface area contributed by atoms with Crippen LogP contribution in [0.4, 0.5) is 0 Å². The zero-order valence-electron chi connectivity index (χ0n) is 18.2. The second-order valence-electron chi connectivity index (χ2n) is 7.44. The molecule has 2 aromatic carbocycles. The van der Waals surface area contributed by atoms with Crippen molar-refractivity contribution in [1.29, 1.82) is 0 Å². The zero-order valence-corrected chi connectivity index (χ0v) is 18.2. The number of hydrogen-bond acceptors (Lipinski definition) is 6. The fourth-order valence-electron chi connectivity index (χ4n) is 4.22. The highest BCUT2D eigenvalue weighted by Gasteiger charge is 2.42. The van der Waals surface area contributed by atoms with Gasteiger partial charge in [0.05, 0.1) is 24.3 Å². The van der Waals surface area contributed by atoms with Crippen molar-refractivity contribution in [3.63, 3.8) is 0 Å². The van der Waals surface area contributed by atoms with Crippen LogP contribution in [-0.2, 0) is 16.0 Å². The van der Waals surface area contributed by atoms with Gasteiger partial charge in [0.1, 0.15) is 11.4 Å². The minimum atomic E-state index is -0.752. The molecule has 4 rings (SSSR count). The molecule has 0 aliphatic heterocycles. The Kier molecular flexibility index (Phi) is 5.65. The summed E-state index contributed by atoms with van der Waals surface area (Å²) in [5.41, 5.74) is 0.0694. The number of carbonyl (C=O) groups excluding carboxylic acids is 4. The van der Waals surface area contributed by atoms with E-state index in [4.69, 9.17) is 9.47 Å². The molecule has 3 aromatic rings. The van der Waals surface area contributed by atoms with E-state index in [1.165, 1.54) is 4.57 Å². The maximum absolute atomic E-state index is 13.7. The molecule has 0 amide bonds. The molecule has 1 aliphatic rings. The van der Waals surface area contributed by atoms with Crippen LogP contribution >= 0.6 is 0 Å². The summed E-state index contributed by atoms with van der Waals surface area (Å²) in [5.74, 6) is -2.47. The minimum Gasteiger partial charge on any atom is -0.461 e. The fourth-order valence-corrected chi connectivity index (χ4v) is 4.22. The fraction of sp³-hybridized carbons (Fsp3) is 0.280. The van der Waals surface area contributed by atoms with Crippen molar-refractivity contribution in [1.82, 2.24) is 4.57 Å². The van der Waals surface area contributed by atoms with Gasteiger partial charge < -0.3 is 14.0 Å². The SMILES string of the molecule is CCCn1c(C(=O)OCC)c2c(c1C(=O)OCC)C(=O)c1cc3ccccc3cc1C2=O. The number of ether oxygens (including phenoxy) is 2. The third-order valence-corrected chi connectivity index (χ3v) is 5.48. The summed E-state index contributed by atoms with van der Waals surface area (Å²) >= 11 is 0. The van der Waals surface area contributed by atoms with Gasteiger partial charge in [-0.1, -0.05) is 31.2 Å². The molecule has 164 valence electrons. The van der Waals surface area contributed by atoms with E-state index in [1.54, 1.807) is 26.0 Å². The topological polar surface area (TPSA) is 91.7 Å². The number of esters is 2. The summed E-state index contributed by atoms with van der Waals surface area (Å²) in [6, 6.07) is 10.7.